The van der Waals surface area contributed by atoms with E-state index in [1.807, 2.05) is 30.3 Å². The third kappa shape index (κ3) is 3.99. The van der Waals surface area contributed by atoms with Gasteiger partial charge in [0, 0.05) is 0 Å². The lowest BCUT2D eigenvalue weighted by Crippen LogP contribution is -2.30. The van der Waals surface area contributed by atoms with Gasteiger partial charge in [-0.15, -0.1) is 0 Å². The van der Waals surface area contributed by atoms with Gasteiger partial charge < -0.3 is 0 Å². The van der Waals surface area contributed by atoms with Crippen LogP contribution in [-0.2, 0) is 21.5 Å². The molecule has 0 unspecified atom stereocenters. The van der Waals surface area contributed by atoms with Crippen LogP contribution >= 0.6 is 0 Å². The number of sulfonamides is 1. The predicted molar refractivity (Wildman–Crippen MR) is 58.4 cm³/mol. The first-order valence-electron chi connectivity index (χ1n) is 4.68. The number of hydrogen-bond donors (Lipinski definition) is 1. The molecular weight excluding hydrogens is 214 g/mol. The van der Waals surface area contributed by atoms with Gasteiger partial charge in [-0.3, -0.25) is 4.84 Å². The molecule has 0 fully saturated rings. The molecule has 1 aromatic rings. The van der Waals surface area contributed by atoms with E-state index in [1.54, 1.807) is 13.8 Å². The molecule has 1 N–H and O–H groups in total. The molecule has 15 heavy (non-hydrogen) atoms. The van der Waals surface area contributed by atoms with Gasteiger partial charge >= 0.3 is 0 Å². The van der Waals surface area contributed by atoms with Gasteiger partial charge in [0.25, 0.3) is 0 Å². The fourth-order valence-corrected chi connectivity index (χ4v) is 1.28. The van der Waals surface area contributed by atoms with Crippen LogP contribution in [0.1, 0.15) is 19.4 Å². The SMILES string of the molecule is CC(C)S(=O)(=O)NOCc1ccccc1. The van der Waals surface area contributed by atoms with Crippen LogP contribution in [-0.4, -0.2) is 13.7 Å². The second-order valence-electron chi connectivity index (χ2n) is 3.45. The van der Waals surface area contributed by atoms with Crippen molar-refractivity contribution in [2.75, 3.05) is 0 Å². The zero-order valence-corrected chi connectivity index (χ0v) is 9.62. The van der Waals surface area contributed by atoms with Gasteiger partial charge in [0.05, 0.1) is 11.9 Å². The van der Waals surface area contributed by atoms with Crippen LogP contribution in [0.3, 0.4) is 0 Å². The average molecular weight is 229 g/mol. The number of rotatable bonds is 5. The van der Waals surface area contributed by atoms with Crippen LogP contribution in [0.15, 0.2) is 30.3 Å². The lowest BCUT2D eigenvalue weighted by atomic mass is 10.2. The fourth-order valence-electron chi connectivity index (χ4n) is 0.865. The maximum Gasteiger partial charge on any atom is 0.235 e. The molecule has 0 spiro atoms. The lowest BCUT2D eigenvalue weighted by molar-refractivity contribution is 0.0790. The van der Waals surface area contributed by atoms with Crippen LogP contribution < -0.4 is 4.89 Å². The monoisotopic (exact) mass is 229 g/mol. The highest BCUT2D eigenvalue weighted by Gasteiger charge is 2.15. The summed E-state index contributed by atoms with van der Waals surface area (Å²) in [7, 11) is -3.34. The van der Waals surface area contributed by atoms with Crippen molar-refractivity contribution in [1.82, 2.24) is 4.89 Å². The van der Waals surface area contributed by atoms with Gasteiger partial charge in [-0.25, -0.2) is 8.42 Å². The Bertz CT molecular complexity index is 386. The van der Waals surface area contributed by atoms with Crippen molar-refractivity contribution < 1.29 is 13.3 Å². The van der Waals surface area contributed by atoms with E-state index in [0.29, 0.717) is 0 Å². The molecule has 1 aromatic carbocycles. The Morgan fingerprint density at radius 3 is 2.40 bits per heavy atom. The van der Waals surface area contributed by atoms with Gasteiger partial charge in [-0.2, -0.15) is 0 Å². The fraction of sp³-hybridized carbons (Fsp3) is 0.400. The summed E-state index contributed by atoms with van der Waals surface area (Å²) >= 11 is 0. The molecule has 0 saturated carbocycles. The van der Waals surface area contributed by atoms with Crippen molar-refractivity contribution in [2.45, 2.75) is 25.7 Å². The predicted octanol–water partition coefficient (Wildman–Crippen LogP) is 1.45. The van der Waals surface area contributed by atoms with Crippen LogP contribution in [0.5, 0.6) is 0 Å². The Kier molecular flexibility index (Phi) is 4.26. The quantitative estimate of drug-likeness (QED) is 0.777. The summed E-state index contributed by atoms with van der Waals surface area (Å²) in [4.78, 5) is 6.99. The van der Waals surface area contributed by atoms with E-state index in [9.17, 15) is 8.42 Å². The summed E-state index contributed by atoms with van der Waals surface area (Å²) in [6.07, 6.45) is 0. The largest absolute Gasteiger partial charge is 0.282 e. The topological polar surface area (TPSA) is 55.4 Å². The number of nitrogens with one attached hydrogen (secondary N) is 1. The molecule has 0 aliphatic carbocycles. The molecule has 0 aliphatic rings. The highest BCUT2D eigenvalue weighted by atomic mass is 32.2. The molecule has 4 nitrogen and oxygen atoms in total. The van der Waals surface area contributed by atoms with E-state index in [1.165, 1.54) is 0 Å². The van der Waals surface area contributed by atoms with E-state index in [-0.39, 0.29) is 6.61 Å². The molecule has 0 atom stereocenters. The summed E-state index contributed by atoms with van der Waals surface area (Å²) in [5.74, 6) is 0. The van der Waals surface area contributed by atoms with E-state index in [2.05, 4.69) is 4.89 Å². The van der Waals surface area contributed by atoms with Crippen molar-refractivity contribution in [3.05, 3.63) is 35.9 Å². The molecule has 1 rings (SSSR count). The molecule has 0 heterocycles. The van der Waals surface area contributed by atoms with Crippen molar-refractivity contribution in [3.8, 4) is 0 Å². The Labute approximate surface area is 90.3 Å². The van der Waals surface area contributed by atoms with Crippen LogP contribution in [0.25, 0.3) is 0 Å². The minimum Gasteiger partial charge on any atom is -0.282 e. The van der Waals surface area contributed by atoms with E-state index >= 15 is 0 Å². The van der Waals surface area contributed by atoms with Gasteiger partial charge in [-0.1, -0.05) is 35.2 Å². The summed E-state index contributed by atoms with van der Waals surface area (Å²) in [6.45, 7) is 3.41. The minimum atomic E-state index is -3.34. The maximum atomic E-state index is 11.3. The zero-order chi connectivity index (χ0) is 11.3. The highest BCUT2D eigenvalue weighted by molar-refractivity contribution is 7.89. The molecule has 0 radical (unpaired) electrons. The number of benzene rings is 1. The first kappa shape index (κ1) is 12.2. The maximum absolute atomic E-state index is 11.3. The lowest BCUT2D eigenvalue weighted by Gasteiger charge is -2.09. The second-order valence-corrected chi connectivity index (χ2v) is 5.65. The van der Waals surface area contributed by atoms with E-state index < -0.39 is 15.3 Å². The van der Waals surface area contributed by atoms with Gasteiger partial charge in [0.15, 0.2) is 0 Å². The zero-order valence-electron chi connectivity index (χ0n) is 8.80. The van der Waals surface area contributed by atoms with E-state index in [0.717, 1.165) is 5.56 Å². The second kappa shape index (κ2) is 5.25. The smallest absolute Gasteiger partial charge is 0.235 e. The van der Waals surface area contributed by atoms with Crippen LogP contribution in [0, 0.1) is 0 Å². The van der Waals surface area contributed by atoms with E-state index in [4.69, 9.17) is 4.84 Å². The Morgan fingerprint density at radius 1 is 1.27 bits per heavy atom. The van der Waals surface area contributed by atoms with Crippen LogP contribution in [0.4, 0.5) is 0 Å². The standard InChI is InChI=1S/C10H15NO3S/c1-9(2)15(12,13)11-14-8-10-6-4-3-5-7-10/h3-7,9,11H,8H2,1-2H3. The first-order chi connectivity index (χ1) is 7.02. The molecule has 0 saturated heterocycles. The molecule has 0 aromatic heterocycles. The summed E-state index contributed by atoms with van der Waals surface area (Å²) in [5, 5.41) is -0.492. The van der Waals surface area contributed by atoms with Crippen molar-refractivity contribution >= 4 is 10.0 Å². The van der Waals surface area contributed by atoms with Gasteiger partial charge in [0.1, 0.15) is 0 Å². The van der Waals surface area contributed by atoms with Crippen molar-refractivity contribution in [2.24, 2.45) is 0 Å². The third-order valence-corrected chi connectivity index (χ3v) is 3.47. The third-order valence-electron chi connectivity index (χ3n) is 1.88. The van der Waals surface area contributed by atoms with Crippen LogP contribution in [0.2, 0.25) is 0 Å². The summed E-state index contributed by atoms with van der Waals surface area (Å²) in [5.41, 5.74) is 0.920. The van der Waals surface area contributed by atoms with Crippen molar-refractivity contribution in [3.63, 3.8) is 0 Å². The molecule has 0 aliphatic heterocycles. The Hall–Kier alpha value is -0.910. The molecular formula is C10H15NO3S. The summed E-state index contributed by atoms with van der Waals surface area (Å²) in [6, 6.07) is 9.36. The normalized spacial score (nSPS) is 11.9. The molecule has 84 valence electrons. The minimum absolute atomic E-state index is 0.229. The highest BCUT2D eigenvalue weighted by Crippen LogP contribution is 2.01. The molecule has 0 amide bonds. The first-order valence-corrected chi connectivity index (χ1v) is 6.23. The van der Waals surface area contributed by atoms with Gasteiger partial charge in [-0.05, 0) is 19.4 Å². The van der Waals surface area contributed by atoms with Gasteiger partial charge in [0.2, 0.25) is 10.0 Å². The average Bonchev–Trinajstić information content (AvgIpc) is 2.19. The Morgan fingerprint density at radius 2 is 1.87 bits per heavy atom. The number of hydrogen-bond acceptors (Lipinski definition) is 3. The Balaban J connectivity index is 2.41. The molecule has 5 heteroatoms. The molecule has 0 bridgehead atoms. The van der Waals surface area contributed by atoms with Crippen molar-refractivity contribution in [1.29, 1.82) is 0 Å². The summed E-state index contributed by atoms with van der Waals surface area (Å²) < 4.78 is 22.6.